The highest BCUT2D eigenvalue weighted by Gasteiger charge is 2.15. The quantitative estimate of drug-likeness (QED) is 0.672. The lowest BCUT2D eigenvalue weighted by molar-refractivity contribution is -0.385. The van der Waals surface area contributed by atoms with Gasteiger partial charge in [0.1, 0.15) is 0 Å². The van der Waals surface area contributed by atoms with Crippen LogP contribution in [0.15, 0.2) is 40.9 Å². The Morgan fingerprint density at radius 1 is 1.19 bits per heavy atom. The van der Waals surface area contributed by atoms with E-state index in [1.807, 2.05) is 12.1 Å². The molecule has 1 N–H and O–H groups in total. The number of halogens is 1. The minimum Gasteiger partial charge on any atom is -0.454 e. The lowest BCUT2D eigenvalue weighted by atomic mass is 10.1. The van der Waals surface area contributed by atoms with Gasteiger partial charge < -0.3 is 14.8 Å². The van der Waals surface area contributed by atoms with Crippen molar-refractivity contribution in [3.05, 3.63) is 56.5 Å². The standard InChI is InChI=1S/C14H11BrN2O4/c15-10-2-1-9(12(5-10)17(18)19)7-16-11-3-4-13-14(6-11)21-8-20-13/h1-6,16H,7-8H2. The van der Waals surface area contributed by atoms with Gasteiger partial charge >= 0.3 is 0 Å². The van der Waals surface area contributed by atoms with Crippen molar-refractivity contribution in [3.63, 3.8) is 0 Å². The summed E-state index contributed by atoms with van der Waals surface area (Å²) in [6.07, 6.45) is 0. The zero-order valence-corrected chi connectivity index (χ0v) is 12.4. The fourth-order valence-corrected chi connectivity index (χ4v) is 2.41. The van der Waals surface area contributed by atoms with Gasteiger partial charge in [-0.2, -0.15) is 0 Å². The van der Waals surface area contributed by atoms with E-state index >= 15 is 0 Å². The number of hydrogen-bond donors (Lipinski definition) is 1. The maximum Gasteiger partial charge on any atom is 0.275 e. The van der Waals surface area contributed by atoms with Crippen LogP contribution in [0.4, 0.5) is 11.4 Å². The van der Waals surface area contributed by atoms with Crippen LogP contribution in [0.25, 0.3) is 0 Å². The van der Waals surface area contributed by atoms with Gasteiger partial charge in [-0.1, -0.05) is 15.9 Å². The molecule has 0 radical (unpaired) electrons. The van der Waals surface area contributed by atoms with Crippen LogP contribution in [0.3, 0.4) is 0 Å². The van der Waals surface area contributed by atoms with E-state index in [4.69, 9.17) is 9.47 Å². The highest BCUT2D eigenvalue weighted by atomic mass is 79.9. The van der Waals surface area contributed by atoms with Gasteiger partial charge in [0.25, 0.3) is 5.69 Å². The van der Waals surface area contributed by atoms with Crippen LogP contribution in [0.2, 0.25) is 0 Å². The number of rotatable bonds is 4. The molecule has 0 fully saturated rings. The van der Waals surface area contributed by atoms with Gasteiger partial charge in [-0.15, -0.1) is 0 Å². The van der Waals surface area contributed by atoms with Crippen molar-refractivity contribution in [2.45, 2.75) is 6.54 Å². The Kier molecular flexibility index (Phi) is 3.66. The summed E-state index contributed by atoms with van der Waals surface area (Å²) in [5, 5.41) is 14.2. The Balaban J connectivity index is 1.77. The fourth-order valence-electron chi connectivity index (χ4n) is 2.06. The first-order chi connectivity index (χ1) is 10.1. The summed E-state index contributed by atoms with van der Waals surface area (Å²) in [5.41, 5.74) is 1.51. The summed E-state index contributed by atoms with van der Waals surface area (Å²) >= 11 is 3.24. The summed E-state index contributed by atoms with van der Waals surface area (Å²) in [6.45, 7) is 0.570. The summed E-state index contributed by atoms with van der Waals surface area (Å²) in [6, 6.07) is 10.5. The van der Waals surface area contributed by atoms with Crippen LogP contribution in [0.5, 0.6) is 11.5 Å². The average molecular weight is 351 g/mol. The predicted octanol–water partition coefficient (Wildman–Crippen LogP) is 3.70. The number of fused-ring (bicyclic) bond motifs is 1. The molecule has 21 heavy (non-hydrogen) atoms. The molecular formula is C14H11BrN2O4. The molecule has 1 aliphatic rings. The van der Waals surface area contributed by atoms with Crippen molar-refractivity contribution in [2.24, 2.45) is 0 Å². The van der Waals surface area contributed by atoms with E-state index in [2.05, 4.69) is 21.2 Å². The number of nitrogens with zero attached hydrogens (tertiary/aromatic N) is 1. The van der Waals surface area contributed by atoms with Gasteiger partial charge in [0.2, 0.25) is 6.79 Å². The molecule has 2 aromatic rings. The second kappa shape index (κ2) is 5.61. The molecule has 1 aliphatic heterocycles. The van der Waals surface area contributed by atoms with Crippen molar-refractivity contribution in [2.75, 3.05) is 12.1 Å². The first-order valence-electron chi connectivity index (χ1n) is 6.20. The molecule has 108 valence electrons. The highest BCUT2D eigenvalue weighted by Crippen LogP contribution is 2.34. The van der Waals surface area contributed by atoms with Gasteiger partial charge in [-0.05, 0) is 24.3 Å². The minimum atomic E-state index is -0.387. The lowest BCUT2D eigenvalue weighted by Crippen LogP contribution is -2.03. The average Bonchev–Trinajstić information content (AvgIpc) is 2.93. The molecule has 0 atom stereocenters. The zero-order valence-electron chi connectivity index (χ0n) is 10.8. The van der Waals surface area contributed by atoms with Crippen molar-refractivity contribution in [1.29, 1.82) is 0 Å². The van der Waals surface area contributed by atoms with Gasteiger partial charge in [-0.25, -0.2) is 0 Å². The molecule has 0 aromatic heterocycles. The molecule has 1 heterocycles. The van der Waals surface area contributed by atoms with Crippen molar-refractivity contribution in [3.8, 4) is 11.5 Å². The summed E-state index contributed by atoms with van der Waals surface area (Å²) in [7, 11) is 0. The largest absolute Gasteiger partial charge is 0.454 e. The van der Waals surface area contributed by atoms with Crippen molar-refractivity contribution >= 4 is 27.3 Å². The van der Waals surface area contributed by atoms with Gasteiger partial charge in [0, 0.05) is 34.4 Å². The Labute approximate surface area is 129 Å². The normalized spacial score (nSPS) is 12.2. The molecule has 0 aliphatic carbocycles. The molecule has 2 aromatic carbocycles. The number of nitro benzene ring substituents is 1. The molecule has 0 unspecified atom stereocenters. The number of anilines is 1. The molecule has 0 saturated carbocycles. The second-order valence-corrected chi connectivity index (χ2v) is 5.37. The smallest absolute Gasteiger partial charge is 0.275 e. The molecule has 0 saturated heterocycles. The summed E-state index contributed by atoms with van der Waals surface area (Å²) in [5.74, 6) is 1.38. The molecular weight excluding hydrogens is 340 g/mol. The zero-order chi connectivity index (χ0) is 14.8. The van der Waals surface area contributed by atoms with Crippen LogP contribution < -0.4 is 14.8 Å². The molecule has 0 bridgehead atoms. The maximum atomic E-state index is 11.1. The third-order valence-corrected chi connectivity index (χ3v) is 3.59. The summed E-state index contributed by atoms with van der Waals surface area (Å²) < 4.78 is 11.2. The molecule has 6 nitrogen and oxygen atoms in total. The molecule has 7 heteroatoms. The number of nitro groups is 1. The monoisotopic (exact) mass is 350 g/mol. The van der Waals surface area contributed by atoms with Gasteiger partial charge in [0.15, 0.2) is 11.5 Å². The maximum absolute atomic E-state index is 11.1. The number of hydrogen-bond acceptors (Lipinski definition) is 5. The predicted molar refractivity (Wildman–Crippen MR) is 80.7 cm³/mol. The van der Waals surface area contributed by atoms with Crippen LogP contribution >= 0.6 is 15.9 Å². The Morgan fingerprint density at radius 3 is 2.81 bits per heavy atom. The minimum absolute atomic E-state index is 0.0811. The SMILES string of the molecule is O=[N+]([O-])c1cc(Br)ccc1CNc1ccc2c(c1)OCO2. The van der Waals surface area contributed by atoms with E-state index in [9.17, 15) is 10.1 Å². The van der Waals surface area contributed by atoms with Crippen molar-refractivity contribution < 1.29 is 14.4 Å². The van der Waals surface area contributed by atoms with E-state index in [-0.39, 0.29) is 17.4 Å². The van der Waals surface area contributed by atoms with Crippen molar-refractivity contribution in [1.82, 2.24) is 0 Å². The molecule has 3 rings (SSSR count). The van der Waals surface area contributed by atoms with Gasteiger partial charge in [0.05, 0.1) is 4.92 Å². The van der Waals surface area contributed by atoms with Crippen LogP contribution in [-0.2, 0) is 6.54 Å². The molecule has 0 spiro atoms. The van der Waals surface area contributed by atoms with Crippen LogP contribution in [0.1, 0.15) is 5.56 Å². The third kappa shape index (κ3) is 2.92. The van der Waals surface area contributed by atoms with E-state index < -0.39 is 0 Å². The number of benzene rings is 2. The Morgan fingerprint density at radius 2 is 2.00 bits per heavy atom. The van der Waals surface area contributed by atoms with Crippen LogP contribution in [-0.4, -0.2) is 11.7 Å². The number of ether oxygens (including phenoxy) is 2. The van der Waals surface area contributed by atoms with E-state index in [0.29, 0.717) is 28.1 Å². The number of nitrogens with one attached hydrogen (secondary N) is 1. The van der Waals surface area contributed by atoms with E-state index in [1.165, 1.54) is 6.07 Å². The Bertz CT molecular complexity index is 705. The van der Waals surface area contributed by atoms with E-state index in [0.717, 1.165) is 5.69 Å². The van der Waals surface area contributed by atoms with E-state index in [1.54, 1.807) is 18.2 Å². The molecule has 0 amide bonds. The Hall–Kier alpha value is -2.28. The highest BCUT2D eigenvalue weighted by molar-refractivity contribution is 9.10. The summed E-state index contributed by atoms with van der Waals surface area (Å²) in [4.78, 5) is 10.7. The second-order valence-electron chi connectivity index (χ2n) is 4.45. The first-order valence-corrected chi connectivity index (χ1v) is 6.99. The third-order valence-electron chi connectivity index (χ3n) is 3.10. The van der Waals surface area contributed by atoms with Crippen LogP contribution in [0, 0.1) is 10.1 Å². The van der Waals surface area contributed by atoms with Gasteiger partial charge in [-0.3, -0.25) is 10.1 Å². The lowest BCUT2D eigenvalue weighted by Gasteiger charge is -2.08. The first kappa shape index (κ1) is 13.7. The topological polar surface area (TPSA) is 73.6 Å². The fraction of sp³-hybridized carbons (Fsp3) is 0.143.